The molecule has 1 amide bonds. The lowest BCUT2D eigenvalue weighted by molar-refractivity contribution is -0.135. The lowest BCUT2D eigenvalue weighted by atomic mass is 9.61. The Balaban J connectivity index is 1.91. The van der Waals surface area contributed by atoms with Gasteiger partial charge in [0.2, 0.25) is 5.91 Å². The Hall–Kier alpha value is -1.55. The molecule has 108 valence electrons. The molecule has 0 unspecified atom stereocenters. The van der Waals surface area contributed by atoms with Crippen LogP contribution in [0, 0.1) is 11.3 Å². The number of anilines is 1. The molecule has 0 radical (unpaired) electrons. The van der Waals surface area contributed by atoms with Crippen molar-refractivity contribution in [3.63, 3.8) is 0 Å². The lowest BCUT2D eigenvalue weighted by Crippen LogP contribution is -2.55. The van der Waals surface area contributed by atoms with E-state index in [9.17, 15) is 4.79 Å². The number of amides is 1. The molecule has 0 atom stereocenters. The minimum absolute atomic E-state index is 0.177. The van der Waals surface area contributed by atoms with Crippen molar-refractivity contribution in [2.45, 2.75) is 26.2 Å². The van der Waals surface area contributed by atoms with Gasteiger partial charge in [0.15, 0.2) is 0 Å². The minimum Gasteiger partial charge on any atom is -0.491 e. The van der Waals surface area contributed by atoms with Crippen molar-refractivity contribution in [1.82, 2.24) is 0 Å². The van der Waals surface area contributed by atoms with Gasteiger partial charge in [-0.3, -0.25) is 4.79 Å². The molecule has 2 aliphatic rings. The number of hydrogen-bond donors (Lipinski definition) is 1. The quantitative estimate of drug-likeness (QED) is 0.899. The van der Waals surface area contributed by atoms with Crippen LogP contribution in [0.3, 0.4) is 0 Å². The smallest absolute Gasteiger partial charge is 0.234 e. The van der Waals surface area contributed by atoms with Gasteiger partial charge in [0, 0.05) is 13.1 Å². The van der Waals surface area contributed by atoms with E-state index in [1.54, 1.807) is 0 Å². The van der Waals surface area contributed by atoms with E-state index in [2.05, 4.69) is 6.92 Å². The molecule has 0 spiro atoms. The van der Waals surface area contributed by atoms with E-state index in [0.29, 0.717) is 25.6 Å². The van der Waals surface area contributed by atoms with Crippen LogP contribution >= 0.6 is 0 Å². The first-order valence-corrected chi connectivity index (χ1v) is 7.40. The summed E-state index contributed by atoms with van der Waals surface area (Å²) >= 11 is 0. The van der Waals surface area contributed by atoms with Crippen molar-refractivity contribution in [2.75, 3.05) is 24.6 Å². The zero-order valence-corrected chi connectivity index (χ0v) is 12.0. The largest absolute Gasteiger partial charge is 0.491 e. The average molecular weight is 274 g/mol. The van der Waals surface area contributed by atoms with Crippen LogP contribution in [0.25, 0.3) is 0 Å². The summed E-state index contributed by atoms with van der Waals surface area (Å²) in [5.74, 6) is 1.58. The fourth-order valence-corrected chi connectivity index (χ4v) is 3.53. The Morgan fingerprint density at radius 1 is 1.45 bits per heavy atom. The molecule has 2 N–H and O–H groups in total. The monoisotopic (exact) mass is 274 g/mol. The van der Waals surface area contributed by atoms with Crippen molar-refractivity contribution < 1.29 is 9.53 Å². The number of carbonyl (C=O) groups is 1. The fourth-order valence-electron chi connectivity index (χ4n) is 3.53. The lowest BCUT2D eigenvalue weighted by Gasteiger charge is -2.46. The number of fused-ring (bicyclic) bond motifs is 1. The Labute approximate surface area is 119 Å². The third-order valence-electron chi connectivity index (χ3n) is 4.51. The van der Waals surface area contributed by atoms with Gasteiger partial charge in [-0.05, 0) is 37.3 Å². The van der Waals surface area contributed by atoms with Crippen LogP contribution in [0.2, 0.25) is 0 Å². The van der Waals surface area contributed by atoms with E-state index in [0.717, 1.165) is 30.7 Å². The third kappa shape index (κ3) is 2.08. The molecule has 1 aliphatic carbocycles. The molecular weight excluding hydrogens is 252 g/mol. The summed E-state index contributed by atoms with van der Waals surface area (Å²) < 4.78 is 5.72. The van der Waals surface area contributed by atoms with Crippen LogP contribution in [-0.4, -0.2) is 25.6 Å². The summed E-state index contributed by atoms with van der Waals surface area (Å²) in [5.41, 5.74) is 6.46. The van der Waals surface area contributed by atoms with Crippen molar-refractivity contribution in [3.05, 3.63) is 24.3 Å². The van der Waals surface area contributed by atoms with Gasteiger partial charge in [0.05, 0.1) is 17.7 Å². The standard InChI is InChI=1S/C16H22N2O2/c1-12-9-16(10-12,11-17)15(19)18-7-4-8-20-14-6-3-2-5-13(14)18/h2-3,5-6,12H,4,7-11,17H2,1H3. The maximum atomic E-state index is 13.0. The first kappa shape index (κ1) is 13.4. The summed E-state index contributed by atoms with van der Waals surface area (Å²) in [6.45, 7) is 4.00. The number of para-hydroxylation sites is 2. The predicted molar refractivity (Wildman–Crippen MR) is 78.8 cm³/mol. The van der Waals surface area contributed by atoms with Crippen molar-refractivity contribution >= 4 is 11.6 Å². The Morgan fingerprint density at radius 3 is 2.90 bits per heavy atom. The van der Waals surface area contributed by atoms with Gasteiger partial charge in [-0.25, -0.2) is 0 Å². The van der Waals surface area contributed by atoms with Crippen molar-refractivity contribution in [3.8, 4) is 5.75 Å². The van der Waals surface area contributed by atoms with Crippen LogP contribution < -0.4 is 15.4 Å². The second-order valence-corrected chi connectivity index (χ2v) is 6.12. The zero-order valence-electron chi connectivity index (χ0n) is 12.0. The predicted octanol–water partition coefficient (Wildman–Crippen LogP) is 2.18. The molecule has 1 heterocycles. The summed E-state index contributed by atoms with van der Waals surface area (Å²) in [4.78, 5) is 14.9. The molecule has 0 saturated heterocycles. The van der Waals surface area contributed by atoms with Gasteiger partial charge >= 0.3 is 0 Å². The van der Waals surface area contributed by atoms with Gasteiger partial charge in [0.25, 0.3) is 0 Å². The normalized spacial score (nSPS) is 28.9. The number of rotatable bonds is 2. The molecular formula is C16H22N2O2. The molecule has 1 aromatic rings. The van der Waals surface area contributed by atoms with E-state index in [4.69, 9.17) is 10.5 Å². The second-order valence-electron chi connectivity index (χ2n) is 6.12. The number of hydrogen-bond acceptors (Lipinski definition) is 3. The van der Waals surface area contributed by atoms with Crippen LogP contribution in [-0.2, 0) is 4.79 Å². The number of nitrogens with zero attached hydrogens (tertiary/aromatic N) is 1. The van der Waals surface area contributed by atoms with E-state index in [1.165, 1.54) is 0 Å². The average Bonchev–Trinajstić information content (AvgIpc) is 2.65. The van der Waals surface area contributed by atoms with Crippen LogP contribution in [0.4, 0.5) is 5.69 Å². The molecule has 3 rings (SSSR count). The first-order valence-electron chi connectivity index (χ1n) is 7.40. The molecule has 1 saturated carbocycles. The molecule has 0 bridgehead atoms. The zero-order chi connectivity index (χ0) is 14.2. The molecule has 1 aliphatic heterocycles. The Kier molecular flexibility index (Phi) is 3.42. The highest BCUT2D eigenvalue weighted by Crippen LogP contribution is 2.47. The van der Waals surface area contributed by atoms with Gasteiger partial charge in [-0.15, -0.1) is 0 Å². The molecule has 1 fully saturated rings. The highest BCUT2D eigenvalue weighted by atomic mass is 16.5. The van der Waals surface area contributed by atoms with E-state index in [1.807, 2.05) is 29.2 Å². The van der Waals surface area contributed by atoms with Crippen molar-refractivity contribution in [2.24, 2.45) is 17.1 Å². The Bertz CT molecular complexity index is 509. The number of nitrogens with two attached hydrogens (primary N) is 1. The fraction of sp³-hybridized carbons (Fsp3) is 0.562. The summed E-state index contributed by atoms with van der Waals surface area (Å²) in [6.07, 6.45) is 2.67. The second kappa shape index (κ2) is 5.09. The molecule has 1 aromatic carbocycles. The molecule has 0 aromatic heterocycles. The molecule has 20 heavy (non-hydrogen) atoms. The molecule has 4 heteroatoms. The Morgan fingerprint density at radius 2 is 2.20 bits per heavy atom. The van der Waals surface area contributed by atoms with Crippen LogP contribution in [0.5, 0.6) is 5.75 Å². The first-order chi connectivity index (χ1) is 9.66. The number of carbonyl (C=O) groups excluding carboxylic acids is 1. The highest BCUT2D eigenvalue weighted by molar-refractivity contribution is 5.99. The maximum absolute atomic E-state index is 13.0. The number of benzene rings is 1. The van der Waals surface area contributed by atoms with E-state index in [-0.39, 0.29) is 11.3 Å². The summed E-state index contributed by atoms with van der Waals surface area (Å²) in [6, 6.07) is 7.79. The topological polar surface area (TPSA) is 55.6 Å². The maximum Gasteiger partial charge on any atom is 0.234 e. The van der Waals surface area contributed by atoms with Gasteiger partial charge in [-0.2, -0.15) is 0 Å². The summed E-state index contributed by atoms with van der Waals surface area (Å²) in [7, 11) is 0. The van der Waals surface area contributed by atoms with E-state index >= 15 is 0 Å². The van der Waals surface area contributed by atoms with Crippen LogP contribution in [0.15, 0.2) is 24.3 Å². The van der Waals surface area contributed by atoms with Gasteiger partial charge < -0.3 is 15.4 Å². The minimum atomic E-state index is -0.350. The number of ether oxygens (including phenoxy) is 1. The SMILES string of the molecule is CC1CC(CN)(C(=O)N2CCCOc3ccccc32)C1. The molecule has 4 nitrogen and oxygen atoms in total. The summed E-state index contributed by atoms with van der Waals surface area (Å²) in [5, 5.41) is 0. The van der Waals surface area contributed by atoms with Gasteiger partial charge in [0.1, 0.15) is 5.75 Å². The van der Waals surface area contributed by atoms with Gasteiger partial charge in [-0.1, -0.05) is 19.1 Å². The highest BCUT2D eigenvalue weighted by Gasteiger charge is 2.49. The third-order valence-corrected chi connectivity index (χ3v) is 4.51. The van der Waals surface area contributed by atoms with E-state index < -0.39 is 0 Å². The van der Waals surface area contributed by atoms with Crippen LogP contribution in [0.1, 0.15) is 26.2 Å². The van der Waals surface area contributed by atoms with Crippen molar-refractivity contribution in [1.29, 1.82) is 0 Å².